The first-order chi connectivity index (χ1) is 13.5. The van der Waals surface area contributed by atoms with Crippen molar-refractivity contribution in [2.45, 2.75) is 40.0 Å². The molecule has 0 aliphatic carbocycles. The zero-order chi connectivity index (χ0) is 21.8. The van der Waals surface area contributed by atoms with Crippen molar-refractivity contribution in [3.8, 4) is 0 Å². The number of allylic oxidation sites excluding steroid dienone is 1. The van der Waals surface area contributed by atoms with Crippen molar-refractivity contribution in [1.82, 2.24) is 4.90 Å². The minimum absolute atomic E-state index is 0.0313. The summed E-state index contributed by atoms with van der Waals surface area (Å²) in [6, 6.07) is 5.79. The van der Waals surface area contributed by atoms with Crippen molar-refractivity contribution in [2.75, 3.05) is 17.2 Å². The Labute approximate surface area is 167 Å². The number of amidine groups is 1. The monoisotopic (exact) mass is 408 g/mol. The average molecular weight is 408 g/mol. The topological polar surface area (TPSA) is 73.8 Å². The highest BCUT2D eigenvalue weighted by Crippen LogP contribution is 2.21. The van der Waals surface area contributed by atoms with Crippen LogP contribution in [0.15, 0.2) is 52.6 Å². The lowest BCUT2D eigenvalue weighted by molar-refractivity contribution is -0.167. The summed E-state index contributed by atoms with van der Waals surface area (Å²) in [5.41, 5.74) is 2.52. The van der Waals surface area contributed by atoms with Gasteiger partial charge in [0.1, 0.15) is 12.0 Å². The molecule has 0 bridgehead atoms. The van der Waals surface area contributed by atoms with Gasteiger partial charge in [-0.15, -0.1) is 0 Å². The molecule has 0 saturated heterocycles. The third kappa shape index (κ3) is 5.69. The Morgan fingerprint density at radius 1 is 1.14 bits per heavy atom. The molecule has 0 saturated carbocycles. The number of aliphatic imine (C=N–C) groups is 1. The van der Waals surface area contributed by atoms with Crippen LogP contribution in [-0.4, -0.2) is 41.4 Å². The molecular formula is C20H23F3N4O2. The number of anilines is 2. The number of rotatable bonds is 5. The molecule has 156 valence electrons. The van der Waals surface area contributed by atoms with E-state index in [9.17, 15) is 22.8 Å². The van der Waals surface area contributed by atoms with Crippen LogP contribution in [0, 0.1) is 0 Å². The number of benzene rings is 1. The van der Waals surface area contributed by atoms with Gasteiger partial charge >= 0.3 is 12.1 Å². The second-order valence-electron chi connectivity index (χ2n) is 6.63. The molecular weight excluding hydrogens is 385 g/mol. The lowest BCUT2D eigenvalue weighted by Gasteiger charge is -2.28. The Morgan fingerprint density at radius 2 is 1.72 bits per heavy atom. The van der Waals surface area contributed by atoms with Crippen molar-refractivity contribution >= 4 is 29.0 Å². The molecule has 1 aromatic carbocycles. The quantitative estimate of drug-likeness (QED) is 0.771. The normalized spacial score (nSPS) is 16.8. The summed E-state index contributed by atoms with van der Waals surface area (Å²) in [6.07, 6.45) is -2.10. The van der Waals surface area contributed by atoms with Gasteiger partial charge in [-0.05, 0) is 58.0 Å². The highest BCUT2D eigenvalue weighted by Gasteiger charge is 2.38. The van der Waals surface area contributed by atoms with Gasteiger partial charge in [-0.3, -0.25) is 14.5 Å². The molecule has 1 aliphatic heterocycles. The fourth-order valence-electron chi connectivity index (χ4n) is 2.71. The first-order valence-corrected chi connectivity index (χ1v) is 9.03. The van der Waals surface area contributed by atoms with E-state index in [4.69, 9.17) is 0 Å². The maximum absolute atomic E-state index is 12.3. The van der Waals surface area contributed by atoms with Gasteiger partial charge in [0.15, 0.2) is 0 Å². The van der Waals surface area contributed by atoms with E-state index in [-0.39, 0.29) is 11.6 Å². The Morgan fingerprint density at radius 3 is 2.24 bits per heavy atom. The number of carbonyl (C=O) groups is 2. The predicted octanol–water partition coefficient (Wildman–Crippen LogP) is 4.10. The zero-order valence-electron chi connectivity index (χ0n) is 16.6. The van der Waals surface area contributed by atoms with Gasteiger partial charge in [-0.2, -0.15) is 13.2 Å². The van der Waals surface area contributed by atoms with Gasteiger partial charge in [-0.25, -0.2) is 4.99 Å². The minimum Gasteiger partial charge on any atom is -0.364 e. The van der Waals surface area contributed by atoms with Crippen LogP contribution >= 0.6 is 0 Å². The molecule has 0 spiro atoms. The van der Waals surface area contributed by atoms with Gasteiger partial charge in [-0.1, -0.05) is 5.57 Å². The molecule has 2 amide bonds. The fraction of sp³-hybridized carbons (Fsp3) is 0.350. The summed E-state index contributed by atoms with van der Waals surface area (Å²) in [6.45, 7) is 8.00. The standard InChI is InChI=1S/C20H23F3N4O2/c1-5-27-17(28)11-10-16(12(2)3)18(27)25-13(4)24-14-6-8-15(9-7-14)26-19(29)20(21,22)23/h6-11,13,24H,5H2,1-4H3,(H,26,29)/b25-18+. The molecule has 1 atom stereocenters. The molecule has 0 fully saturated rings. The number of nitrogens with zero attached hydrogens (tertiary/aromatic N) is 2. The lowest BCUT2D eigenvalue weighted by Crippen LogP contribution is -2.40. The van der Waals surface area contributed by atoms with Crippen molar-refractivity contribution < 1.29 is 22.8 Å². The smallest absolute Gasteiger partial charge is 0.364 e. The maximum atomic E-state index is 12.3. The molecule has 0 radical (unpaired) electrons. The van der Waals surface area contributed by atoms with Crippen LogP contribution in [-0.2, 0) is 9.59 Å². The van der Waals surface area contributed by atoms with Crippen molar-refractivity contribution in [1.29, 1.82) is 0 Å². The summed E-state index contributed by atoms with van der Waals surface area (Å²) in [7, 11) is 0. The van der Waals surface area contributed by atoms with Gasteiger partial charge in [0.2, 0.25) is 0 Å². The van der Waals surface area contributed by atoms with Crippen LogP contribution in [0.2, 0.25) is 0 Å². The maximum Gasteiger partial charge on any atom is 0.471 e. The highest BCUT2D eigenvalue weighted by molar-refractivity contribution is 6.15. The summed E-state index contributed by atoms with van der Waals surface area (Å²) >= 11 is 0. The number of likely N-dealkylation sites (N-methyl/N-ethyl adjacent to an activating group) is 1. The van der Waals surface area contributed by atoms with Crippen LogP contribution in [0.1, 0.15) is 27.7 Å². The number of amides is 2. The van der Waals surface area contributed by atoms with Gasteiger partial charge in [0, 0.05) is 29.6 Å². The van der Waals surface area contributed by atoms with E-state index in [2.05, 4.69) is 10.3 Å². The summed E-state index contributed by atoms with van der Waals surface area (Å²) in [5.74, 6) is -1.61. The van der Waals surface area contributed by atoms with Crippen LogP contribution in [0.3, 0.4) is 0 Å². The molecule has 2 N–H and O–H groups in total. The second-order valence-corrected chi connectivity index (χ2v) is 6.63. The summed E-state index contributed by atoms with van der Waals surface area (Å²) in [5, 5.41) is 4.90. The fourth-order valence-corrected chi connectivity index (χ4v) is 2.71. The Bertz CT molecular complexity index is 867. The number of hydrogen-bond donors (Lipinski definition) is 2. The third-order valence-electron chi connectivity index (χ3n) is 4.10. The van der Waals surface area contributed by atoms with E-state index in [1.807, 2.05) is 20.8 Å². The van der Waals surface area contributed by atoms with E-state index in [1.165, 1.54) is 30.3 Å². The van der Waals surface area contributed by atoms with Crippen molar-refractivity contribution in [3.63, 3.8) is 0 Å². The minimum atomic E-state index is -4.94. The number of halogens is 3. The molecule has 1 aromatic rings. The van der Waals surface area contributed by atoms with Crippen LogP contribution < -0.4 is 10.6 Å². The number of alkyl halides is 3. The molecule has 1 unspecified atom stereocenters. The molecule has 6 nitrogen and oxygen atoms in total. The van der Waals surface area contributed by atoms with Crippen molar-refractivity contribution in [2.24, 2.45) is 4.99 Å². The lowest BCUT2D eigenvalue weighted by atomic mass is 10.0. The highest BCUT2D eigenvalue weighted by atomic mass is 19.4. The first-order valence-electron chi connectivity index (χ1n) is 9.03. The number of carbonyl (C=O) groups excluding carboxylic acids is 2. The molecule has 2 rings (SSSR count). The Balaban J connectivity index is 2.16. The number of nitrogens with one attached hydrogen (secondary N) is 2. The van der Waals surface area contributed by atoms with E-state index >= 15 is 0 Å². The molecule has 1 heterocycles. The van der Waals surface area contributed by atoms with Crippen LogP contribution in [0.25, 0.3) is 0 Å². The van der Waals surface area contributed by atoms with Gasteiger partial charge < -0.3 is 10.6 Å². The molecule has 9 heteroatoms. The first kappa shape index (κ1) is 22.2. The number of hydrogen-bond acceptors (Lipinski definition) is 4. The summed E-state index contributed by atoms with van der Waals surface area (Å²) in [4.78, 5) is 29.3. The summed E-state index contributed by atoms with van der Waals surface area (Å²) < 4.78 is 36.9. The van der Waals surface area contributed by atoms with Crippen LogP contribution in [0.5, 0.6) is 0 Å². The Kier molecular flexibility index (Phi) is 6.84. The molecule has 29 heavy (non-hydrogen) atoms. The van der Waals surface area contributed by atoms with E-state index in [0.717, 1.165) is 11.1 Å². The van der Waals surface area contributed by atoms with Crippen LogP contribution in [0.4, 0.5) is 24.5 Å². The van der Waals surface area contributed by atoms with Gasteiger partial charge in [0.25, 0.3) is 5.91 Å². The largest absolute Gasteiger partial charge is 0.471 e. The van der Waals surface area contributed by atoms with Gasteiger partial charge in [0.05, 0.1) is 0 Å². The third-order valence-corrected chi connectivity index (χ3v) is 4.10. The molecule has 0 aromatic heterocycles. The SMILES string of the molecule is CCN1C(=O)C=CC(=C(C)C)/C1=N\C(C)Nc1ccc(NC(=O)C(F)(F)F)cc1. The molecule has 1 aliphatic rings. The van der Waals surface area contributed by atoms with E-state index < -0.39 is 18.2 Å². The zero-order valence-corrected chi connectivity index (χ0v) is 16.6. The van der Waals surface area contributed by atoms with E-state index in [1.54, 1.807) is 23.2 Å². The predicted molar refractivity (Wildman–Crippen MR) is 107 cm³/mol. The van der Waals surface area contributed by atoms with E-state index in [0.29, 0.717) is 18.1 Å². The average Bonchev–Trinajstić information content (AvgIpc) is 2.62. The second kappa shape index (κ2) is 8.93. The Hall–Kier alpha value is -3.10. The van der Waals surface area contributed by atoms with Crippen molar-refractivity contribution in [3.05, 3.63) is 47.6 Å².